The van der Waals surface area contributed by atoms with Gasteiger partial charge in [-0.15, -0.1) is 0 Å². The van der Waals surface area contributed by atoms with Crippen LogP contribution in [-0.2, 0) is 16.8 Å². The standard InChI is InChI=1S/C18H15FINO3/c1-18(2)15-13(20)7-11(16(22)23)8-14(15)21(17(18)24)9-10-5-3-4-6-12(10)19/h3-8H,9H2,1-2H3,(H,22,23). The van der Waals surface area contributed by atoms with Crippen LogP contribution in [0.3, 0.4) is 0 Å². The first-order chi connectivity index (χ1) is 11.2. The van der Waals surface area contributed by atoms with Crippen molar-refractivity contribution in [2.45, 2.75) is 25.8 Å². The van der Waals surface area contributed by atoms with E-state index in [1.54, 1.807) is 38.1 Å². The fourth-order valence-corrected chi connectivity index (χ4v) is 4.34. The lowest BCUT2D eigenvalue weighted by molar-refractivity contribution is -0.122. The quantitative estimate of drug-likeness (QED) is 0.738. The van der Waals surface area contributed by atoms with E-state index in [0.717, 1.165) is 9.13 Å². The summed E-state index contributed by atoms with van der Waals surface area (Å²) in [7, 11) is 0. The zero-order chi connectivity index (χ0) is 17.6. The van der Waals surface area contributed by atoms with Crippen LogP contribution in [0.1, 0.15) is 35.3 Å². The number of carbonyl (C=O) groups is 2. The van der Waals surface area contributed by atoms with Crippen molar-refractivity contribution in [3.8, 4) is 0 Å². The van der Waals surface area contributed by atoms with E-state index in [1.165, 1.54) is 17.0 Å². The topological polar surface area (TPSA) is 57.6 Å². The van der Waals surface area contributed by atoms with Crippen molar-refractivity contribution in [3.05, 3.63) is 62.5 Å². The summed E-state index contributed by atoms with van der Waals surface area (Å²) in [6.45, 7) is 3.68. The maximum Gasteiger partial charge on any atom is 0.335 e. The molecule has 1 amide bonds. The molecule has 1 aliphatic heterocycles. The zero-order valence-corrected chi connectivity index (χ0v) is 15.3. The van der Waals surface area contributed by atoms with Crippen molar-refractivity contribution in [3.63, 3.8) is 0 Å². The van der Waals surface area contributed by atoms with Gasteiger partial charge in [-0.05, 0) is 54.6 Å². The first-order valence-corrected chi connectivity index (χ1v) is 8.44. The highest BCUT2D eigenvalue weighted by Gasteiger charge is 2.45. The van der Waals surface area contributed by atoms with Crippen molar-refractivity contribution in [2.75, 3.05) is 4.90 Å². The molecule has 0 radical (unpaired) electrons. The van der Waals surface area contributed by atoms with Crippen molar-refractivity contribution >= 4 is 40.2 Å². The predicted octanol–water partition coefficient (Wildman–Crippen LogP) is 3.95. The summed E-state index contributed by atoms with van der Waals surface area (Å²) in [6.07, 6.45) is 0. The normalized spacial score (nSPS) is 15.5. The molecule has 0 bridgehead atoms. The Morgan fingerprint density at radius 3 is 2.58 bits per heavy atom. The molecule has 2 aromatic rings. The maximum atomic E-state index is 14.0. The van der Waals surface area contributed by atoms with Gasteiger partial charge in [-0.1, -0.05) is 18.2 Å². The molecule has 6 heteroatoms. The van der Waals surface area contributed by atoms with Crippen LogP contribution >= 0.6 is 22.6 Å². The minimum absolute atomic E-state index is 0.0705. The number of carbonyl (C=O) groups excluding carboxylic acids is 1. The molecular weight excluding hydrogens is 424 g/mol. The Kier molecular flexibility index (Phi) is 4.11. The number of rotatable bonds is 3. The van der Waals surface area contributed by atoms with Gasteiger partial charge >= 0.3 is 5.97 Å². The molecule has 4 nitrogen and oxygen atoms in total. The van der Waals surface area contributed by atoms with Crippen LogP contribution in [0.4, 0.5) is 10.1 Å². The first-order valence-electron chi connectivity index (χ1n) is 7.36. The van der Waals surface area contributed by atoms with Crippen molar-refractivity contribution < 1.29 is 19.1 Å². The van der Waals surface area contributed by atoms with E-state index < -0.39 is 11.4 Å². The third-order valence-corrected chi connectivity index (χ3v) is 5.15. The summed E-state index contributed by atoms with van der Waals surface area (Å²) in [5.74, 6) is -1.61. The number of nitrogens with zero attached hydrogens (tertiary/aromatic N) is 1. The number of carboxylic acids is 1. The van der Waals surface area contributed by atoms with Gasteiger partial charge in [0.05, 0.1) is 23.2 Å². The van der Waals surface area contributed by atoms with Crippen LogP contribution in [0, 0.1) is 9.39 Å². The number of aromatic carboxylic acids is 1. The van der Waals surface area contributed by atoms with Crippen LogP contribution in [0.2, 0.25) is 0 Å². The summed E-state index contributed by atoms with van der Waals surface area (Å²) in [4.78, 5) is 25.7. The van der Waals surface area contributed by atoms with Gasteiger partial charge in [0.25, 0.3) is 0 Å². The summed E-state index contributed by atoms with van der Waals surface area (Å²) in [5.41, 5.74) is 1.05. The van der Waals surface area contributed by atoms with E-state index in [2.05, 4.69) is 22.6 Å². The second kappa shape index (κ2) is 5.84. The van der Waals surface area contributed by atoms with Gasteiger partial charge in [-0.3, -0.25) is 4.79 Å². The van der Waals surface area contributed by atoms with Crippen LogP contribution in [0.25, 0.3) is 0 Å². The lowest BCUT2D eigenvalue weighted by atomic mass is 9.86. The molecule has 2 aromatic carbocycles. The van der Waals surface area contributed by atoms with Crippen LogP contribution < -0.4 is 4.90 Å². The van der Waals surface area contributed by atoms with Crippen molar-refractivity contribution in [1.29, 1.82) is 0 Å². The SMILES string of the molecule is CC1(C)C(=O)N(Cc2ccccc2F)c2cc(C(=O)O)cc(I)c21. The van der Waals surface area contributed by atoms with Crippen molar-refractivity contribution in [2.24, 2.45) is 0 Å². The Balaban J connectivity index is 2.15. The maximum absolute atomic E-state index is 14.0. The highest BCUT2D eigenvalue weighted by Crippen LogP contribution is 2.45. The fraction of sp³-hybridized carbons (Fsp3) is 0.222. The monoisotopic (exact) mass is 439 g/mol. The molecule has 0 aliphatic carbocycles. The predicted molar refractivity (Wildman–Crippen MR) is 96.7 cm³/mol. The number of anilines is 1. The molecule has 3 rings (SSSR count). The van der Waals surface area contributed by atoms with E-state index in [9.17, 15) is 19.1 Å². The van der Waals surface area contributed by atoms with Gasteiger partial charge in [0.15, 0.2) is 0 Å². The second-order valence-electron chi connectivity index (χ2n) is 6.27. The van der Waals surface area contributed by atoms with Gasteiger partial charge in [0, 0.05) is 14.7 Å². The minimum Gasteiger partial charge on any atom is -0.478 e. The number of fused-ring (bicyclic) bond motifs is 1. The van der Waals surface area contributed by atoms with Gasteiger partial charge < -0.3 is 10.0 Å². The van der Waals surface area contributed by atoms with E-state index in [4.69, 9.17) is 0 Å². The third kappa shape index (κ3) is 2.58. The minimum atomic E-state index is -1.06. The van der Waals surface area contributed by atoms with Gasteiger partial charge in [0.1, 0.15) is 5.82 Å². The molecule has 0 aromatic heterocycles. The molecule has 24 heavy (non-hydrogen) atoms. The smallest absolute Gasteiger partial charge is 0.335 e. The molecule has 1 heterocycles. The Hall–Kier alpha value is -1.96. The fourth-order valence-electron chi connectivity index (χ4n) is 3.05. The van der Waals surface area contributed by atoms with E-state index >= 15 is 0 Å². The van der Waals surface area contributed by atoms with Crippen LogP contribution in [-0.4, -0.2) is 17.0 Å². The lowest BCUT2D eigenvalue weighted by Crippen LogP contribution is -2.36. The Labute approximate surface area is 152 Å². The van der Waals surface area contributed by atoms with Crippen LogP contribution in [0.15, 0.2) is 36.4 Å². The lowest BCUT2D eigenvalue weighted by Gasteiger charge is -2.20. The average Bonchev–Trinajstić information content (AvgIpc) is 2.70. The average molecular weight is 439 g/mol. The molecule has 0 saturated heterocycles. The second-order valence-corrected chi connectivity index (χ2v) is 7.43. The Bertz CT molecular complexity index is 863. The molecule has 1 aliphatic rings. The number of amides is 1. The Morgan fingerprint density at radius 1 is 1.29 bits per heavy atom. The summed E-state index contributed by atoms with van der Waals surface area (Å²) in [6, 6.07) is 9.33. The molecule has 0 spiro atoms. The molecule has 0 saturated carbocycles. The largest absolute Gasteiger partial charge is 0.478 e. The molecule has 0 atom stereocenters. The zero-order valence-electron chi connectivity index (χ0n) is 13.1. The summed E-state index contributed by atoms with van der Waals surface area (Å²) >= 11 is 2.05. The molecule has 124 valence electrons. The molecular formula is C18H15FINO3. The molecule has 1 N–H and O–H groups in total. The van der Waals surface area contributed by atoms with E-state index in [-0.39, 0.29) is 23.8 Å². The van der Waals surface area contributed by atoms with Crippen LogP contribution in [0.5, 0.6) is 0 Å². The number of halogens is 2. The number of hydrogen-bond acceptors (Lipinski definition) is 2. The van der Waals surface area contributed by atoms with Gasteiger partial charge in [0.2, 0.25) is 5.91 Å². The van der Waals surface area contributed by atoms with Crippen molar-refractivity contribution in [1.82, 2.24) is 0 Å². The first kappa shape index (κ1) is 16.9. The molecule has 0 fully saturated rings. The highest BCUT2D eigenvalue weighted by atomic mass is 127. The number of carboxylic acid groups (broad SMARTS) is 1. The summed E-state index contributed by atoms with van der Waals surface area (Å²) in [5, 5.41) is 9.29. The van der Waals surface area contributed by atoms with E-state index in [0.29, 0.717) is 11.3 Å². The van der Waals surface area contributed by atoms with Gasteiger partial charge in [-0.25, -0.2) is 9.18 Å². The van der Waals surface area contributed by atoms with Gasteiger partial charge in [-0.2, -0.15) is 0 Å². The summed E-state index contributed by atoms with van der Waals surface area (Å²) < 4.78 is 14.7. The van der Waals surface area contributed by atoms with E-state index in [1.807, 2.05) is 0 Å². The molecule has 0 unspecified atom stereocenters. The number of benzene rings is 2. The highest BCUT2D eigenvalue weighted by molar-refractivity contribution is 14.1. The number of hydrogen-bond donors (Lipinski definition) is 1. The third-order valence-electron chi connectivity index (χ3n) is 4.30. The Morgan fingerprint density at radius 2 is 1.96 bits per heavy atom.